The molecule has 0 spiro atoms. The van der Waals surface area contributed by atoms with Crippen LogP contribution in [0.15, 0.2) is 4.99 Å². The number of piperidine rings is 1. The normalized spacial score (nSPS) is 26.1. The molecule has 3 aliphatic rings. The van der Waals surface area contributed by atoms with E-state index < -0.39 is 14.6 Å². The average molecular weight is 429 g/mol. The van der Waals surface area contributed by atoms with Crippen LogP contribution < -0.4 is 10.6 Å². The van der Waals surface area contributed by atoms with Crippen molar-refractivity contribution in [3.8, 4) is 0 Å². The van der Waals surface area contributed by atoms with Crippen molar-refractivity contribution in [2.45, 2.75) is 74.5 Å². The van der Waals surface area contributed by atoms with E-state index in [0.717, 1.165) is 6.54 Å². The summed E-state index contributed by atoms with van der Waals surface area (Å²) in [6.45, 7) is 4.65. The van der Waals surface area contributed by atoms with Gasteiger partial charge in [0.05, 0.1) is 4.75 Å². The molecule has 0 aromatic rings. The number of rotatable bonds is 6. The molecular formula is C21H40N4O3S. The summed E-state index contributed by atoms with van der Waals surface area (Å²) in [6, 6.07) is 0. The Morgan fingerprint density at radius 2 is 1.52 bits per heavy atom. The maximum atomic E-state index is 12.5. The van der Waals surface area contributed by atoms with E-state index >= 15 is 0 Å². The van der Waals surface area contributed by atoms with Crippen LogP contribution in [0.5, 0.6) is 0 Å². The van der Waals surface area contributed by atoms with Crippen molar-refractivity contribution < 1.29 is 13.2 Å². The molecule has 0 radical (unpaired) electrons. The number of ether oxygens (including phenoxy) is 1. The quantitative estimate of drug-likeness (QED) is 0.497. The Balaban J connectivity index is 1.62. The summed E-state index contributed by atoms with van der Waals surface area (Å²) in [6.07, 6.45) is 12.8. The largest absolute Gasteiger partial charge is 0.381 e. The molecule has 3 fully saturated rings. The number of sulfone groups is 1. The molecular weight excluding hydrogens is 388 g/mol. The zero-order valence-electron chi connectivity index (χ0n) is 18.3. The van der Waals surface area contributed by atoms with Crippen molar-refractivity contribution in [1.82, 2.24) is 15.5 Å². The summed E-state index contributed by atoms with van der Waals surface area (Å²) < 4.78 is 29.7. The van der Waals surface area contributed by atoms with Gasteiger partial charge in [-0.05, 0) is 51.6 Å². The molecule has 2 aliphatic heterocycles. The second-order valence-electron chi connectivity index (χ2n) is 9.18. The van der Waals surface area contributed by atoms with Crippen LogP contribution >= 0.6 is 0 Å². The van der Waals surface area contributed by atoms with Gasteiger partial charge in [-0.1, -0.05) is 25.7 Å². The molecule has 2 N–H and O–H groups in total. The molecule has 3 rings (SSSR count). The van der Waals surface area contributed by atoms with Crippen molar-refractivity contribution >= 4 is 15.8 Å². The van der Waals surface area contributed by atoms with Crippen molar-refractivity contribution in [1.29, 1.82) is 0 Å². The van der Waals surface area contributed by atoms with Crippen LogP contribution in [0, 0.1) is 0 Å². The molecule has 168 valence electrons. The molecule has 29 heavy (non-hydrogen) atoms. The molecule has 1 aliphatic carbocycles. The molecule has 0 aromatic carbocycles. The highest BCUT2D eigenvalue weighted by Crippen LogP contribution is 2.35. The lowest BCUT2D eigenvalue weighted by atomic mass is 9.79. The summed E-state index contributed by atoms with van der Waals surface area (Å²) >= 11 is 0. The van der Waals surface area contributed by atoms with Crippen LogP contribution in [-0.4, -0.2) is 82.3 Å². The van der Waals surface area contributed by atoms with Crippen LogP contribution in [0.4, 0.5) is 0 Å². The summed E-state index contributed by atoms with van der Waals surface area (Å²) in [5.74, 6) is 0.710. The van der Waals surface area contributed by atoms with Crippen LogP contribution in [0.2, 0.25) is 0 Å². The van der Waals surface area contributed by atoms with Gasteiger partial charge in [-0.15, -0.1) is 0 Å². The molecule has 1 saturated carbocycles. The Morgan fingerprint density at radius 3 is 2.10 bits per heavy atom. The lowest BCUT2D eigenvalue weighted by Crippen LogP contribution is -2.60. The Bertz CT molecular complexity index is 647. The summed E-state index contributed by atoms with van der Waals surface area (Å²) in [5.41, 5.74) is 0.212. The Labute approximate surface area is 177 Å². The minimum absolute atomic E-state index is 0.212. The van der Waals surface area contributed by atoms with Crippen LogP contribution in [0.25, 0.3) is 0 Å². The van der Waals surface area contributed by atoms with Crippen LogP contribution in [-0.2, 0) is 14.6 Å². The van der Waals surface area contributed by atoms with E-state index in [1.165, 1.54) is 70.7 Å². The van der Waals surface area contributed by atoms with Crippen LogP contribution in [0.3, 0.4) is 0 Å². The van der Waals surface area contributed by atoms with E-state index in [-0.39, 0.29) is 5.54 Å². The van der Waals surface area contributed by atoms with E-state index in [9.17, 15) is 8.42 Å². The van der Waals surface area contributed by atoms with E-state index in [0.29, 0.717) is 38.6 Å². The van der Waals surface area contributed by atoms with Gasteiger partial charge in [-0.25, -0.2) is 8.42 Å². The number of nitrogens with zero attached hydrogens (tertiary/aromatic N) is 2. The summed E-state index contributed by atoms with van der Waals surface area (Å²) in [7, 11) is -1.42. The molecule has 8 heteroatoms. The summed E-state index contributed by atoms with van der Waals surface area (Å²) in [4.78, 5) is 7.11. The number of guanidine groups is 1. The van der Waals surface area contributed by atoms with Gasteiger partial charge in [-0.3, -0.25) is 9.89 Å². The molecule has 0 amide bonds. The zero-order chi connectivity index (χ0) is 20.8. The fraction of sp³-hybridized carbons (Fsp3) is 0.952. The van der Waals surface area contributed by atoms with Crippen LogP contribution in [0.1, 0.15) is 64.2 Å². The van der Waals surface area contributed by atoms with Crippen molar-refractivity contribution in [3.05, 3.63) is 0 Å². The first-order chi connectivity index (χ1) is 13.9. The zero-order valence-corrected chi connectivity index (χ0v) is 19.2. The Kier molecular flexibility index (Phi) is 7.84. The van der Waals surface area contributed by atoms with Gasteiger partial charge < -0.3 is 15.4 Å². The van der Waals surface area contributed by atoms with Crippen molar-refractivity contribution in [3.63, 3.8) is 0 Å². The minimum atomic E-state index is -3.19. The third kappa shape index (κ3) is 5.44. The molecule has 7 nitrogen and oxygen atoms in total. The van der Waals surface area contributed by atoms with Gasteiger partial charge in [0.1, 0.15) is 0 Å². The maximum absolute atomic E-state index is 12.5. The highest BCUT2D eigenvalue weighted by Gasteiger charge is 2.43. The predicted octanol–water partition coefficient (Wildman–Crippen LogP) is 1.93. The van der Waals surface area contributed by atoms with Gasteiger partial charge in [0.25, 0.3) is 0 Å². The lowest BCUT2D eigenvalue weighted by Gasteiger charge is -2.48. The third-order valence-electron chi connectivity index (χ3n) is 7.39. The number of nitrogens with one attached hydrogen (secondary N) is 2. The van der Waals surface area contributed by atoms with Gasteiger partial charge in [0.15, 0.2) is 15.8 Å². The Hall–Kier alpha value is -0.860. The standard InChI is InChI=1S/C21H40N4O3S/c1-22-19(24-18-21(29(2,26)27)11-15-28-16-12-21)23-17-20(9-5-3-6-10-20)25-13-7-4-8-14-25/h3-18H2,1-2H3,(H2,22,23,24). The van der Waals surface area contributed by atoms with E-state index in [1.54, 1.807) is 7.05 Å². The number of hydrogen-bond acceptors (Lipinski definition) is 5. The first-order valence-corrected chi connectivity index (χ1v) is 13.3. The van der Waals surface area contributed by atoms with Crippen molar-refractivity contribution in [2.24, 2.45) is 4.99 Å². The molecule has 0 bridgehead atoms. The topological polar surface area (TPSA) is 83.0 Å². The number of hydrogen-bond donors (Lipinski definition) is 2. The monoisotopic (exact) mass is 428 g/mol. The fourth-order valence-corrected chi connectivity index (χ4v) is 6.56. The van der Waals surface area contributed by atoms with Gasteiger partial charge in [0, 0.05) is 45.1 Å². The Morgan fingerprint density at radius 1 is 0.931 bits per heavy atom. The van der Waals surface area contributed by atoms with Gasteiger partial charge in [0.2, 0.25) is 0 Å². The number of likely N-dealkylation sites (tertiary alicyclic amines) is 1. The fourth-order valence-electron chi connectivity index (χ4n) is 5.32. The van der Waals surface area contributed by atoms with Gasteiger partial charge >= 0.3 is 0 Å². The maximum Gasteiger partial charge on any atom is 0.191 e. The third-order valence-corrected chi connectivity index (χ3v) is 9.51. The lowest BCUT2D eigenvalue weighted by molar-refractivity contribution is 0.0368. The smallest absolute Gasteiger partial charge is 0.191 e. The molecule has 0 unspecified atom stereocenters. The average Bonchev–Trinajstić information content (AvgIpc) is 2.75. The molecule has 0 aromatic heterocycles. The predicted molar refractivity (Wildman–Crippen MR) is 118 cm³/mol. The first-order valence-electron chi connectivity index (χ1n) is 11.4. The highest BCUT2D eigenvalue weighted by molar-refractivity contribution is 7.92. The number of aliphatic imine (C=N–C) groups is 1. The molecule has 0 atom stereocenters. The SMILES string of the molecule is CN=C(NCC1(N2CCCCC2)CCCCC1)NCC1(S(C)(=O)=O)CCOCC1. The molecule has 2 saturated heterocycles. The van der Waals surface area contributed by atoms with E-state index in [2.05, 4.69) is 20.5 Å². The second-order valence-corrected chi connectivity index (χ2v) is 11.6. The first kappa shape index (κ1) is 22.8. The minimum Gasteiger partial charge on any atom is -0.381 e. The second kappa shape index (κ2) is 9.96. The molecule has 2 heterocycles. The van der Waals surface area contributed by atoms with Crippen molar-refractivity contribution in [2.75, 3.05) is 52.7 Å². The van der Waals surface area contributed by atoms with E-state index in [1.807, 2.05) is 0 Å². The summed E-state index contributed by atoms with van der Waals surface area (Å²) in [5, 5.41) is 6.89. The highest BCUT2D eigenvalue weighted by atomic mass is 32.2. The van der Waals surface area contributed by atoms with Gasteiger partial charge in [-0.2, -0.15) is 0 Å². The van der Waals surface area contributed by atoms with E-state index in [4.69, 9.17) is 4.74 Å².